The molecule has 0 spiro atoms. The Morgan fingerprint density at radius 2 is 1.93 bits per heavy atom. The van der Waals surface area contributed by atoms with E-state index in [9.17, 15) is 4.79 Å². The highest BCUT2D eigenvalue weighted by atomic mass is 16.3. The average Bonchev–Trinajstić information content (AvgIpc) is 3.15. The van der Waals surface area contributed by atoms with Crippen molar-refractivity contribution >= 4 is 17.0 Å². The number of aromatic nitrogens is 1. The number of quaternary nitrogens is 1. The molecule has 28 heavy (non-hydrogen) atoms. The van der Waals surface area contributed by atoms with Crippen LogP contribution in [-0.2, 0) is 13.1 Å². The summed E-state index contributed by atoms with van der Waals surface area (Å²) in [7, 11) is 4.20. The van der Waals surface area contributed by atoms with Crippen molar-refractivity contribution in [1.82, 2.24) is 9.47 Å². The molecular formula is C23H30N3O2+. The summed E-state index contributed by atoms with van der Waals surface area (Å²) in [5.41, 5.74) is 4.48. The quantitative estimate of drug-likeness (QED) is 0.611. The van der Waals surface area contributed by atoms with Crippen LogP contribution in [0.4, 0.5) is 0 Å². The fraction of sp³-hybridized carbons (Fsp3) is 0.348. The second kappa shape index (κ2) is 8.48. The van der Waals surface area contributed by atoms with Gasteiger partial charge < -0.3 is 18.8 Å². The maximum atomic E-state index is 13.5. The van der Waals surface area contributed by atoms with Crippen LogP contribution >= 0.6 is 0 Å². The van der Waals surface area contributed by atoms with Gasteiger partial charge in [-0.3, -0.25) is 4.79 Å². The molecule has 1 N–H and O–H groups in total. The molecule has 0 fully saturated rings. The van der Waals surface area contributed by atoms with E-state index >= 15 is 0 Å². The van der Waals surface area contributed by atoms with Crippen LogP contribution in [0.25, 0.3) is 11.1 Å². The molecule has 2 aromatic heterocycles. The number of hydrogen-bond donors (Lipinski definition) is 1. The molecule has 0 bridgehead atoms. The van der Waals surface area contributed by atoms with Gasteiger partial charge in [-0.05, 0) is 19.4 Å². The molecule has 1 amide bonds. The Morgan fingerprint density at radius 1 is 1.21 bits per heavy atom. The van der Waals surface area contributed by atoms with Crippen LogP contribution in [0.2, 0.25) is 0 Å². The minimum atomic E-state index is 0.0235. The van der Waals surface area contributed by atoms with Crippen molar-refractivity contribution in [2.75, 3.05) is 27.2 Å². The van der Waals surface area contributed by atoms with Crippen LogP contribution in [0.3, 0.4) is 0 Å². The predicted octanol–water partition coefficient (Wildman–Crippen LogP) is 2.91. The molecule has 3 rings (SSSR count). The lowest BCUT2D eigenvalue weighted by molar-refractivity contribution is -0.857. The zero-order valence-electron chi connectivity index (χ0n) is 17.3. The Bertz CT molecular complexity index is 967. The molecule has 0 saturated carbocycles. The molecule has 2 heterocycles. The van der Waals surface area contributed by atoms with Gasteiger partial charge in [-0.15, -0.1) is 0 Å². The largest absolute Gasteiger partial charge is 0.460 e. The molecule has 0 aliphatic heterocycles. The van der Waals surface area contributed by atoms with Gasteiger partial charge >= 0.3 is 0 Å². The molecule has 5 heteroatoms. The summed E-state index contributed by atoms with van der Waals surface area (Å²) in [5, 5.41) is 0. The van der Waals surface area contributed by atoms with Gasteiger partial charge in [0.05, 0.1) is 32.7 Å². The van der Waals surface area contributed by atoms with E-state index in [1.807, 2.05) is 53.6 Å². The smallest absolute Gasteiger partial charge is 0.271 e. The van der Waals surface area contributed by atoms with E-state index in [1.54, 1.807) is 0 Å². The standard InChI is InChI=1S/C23H29N3O2/c1-17(2)15-26-20-13-18(3)28-22(20)14-21(26)23(27)25(12-11-24(4)5)16-19-9-7-6-8-10-19/h6-10,13-14H,1,11-12,15-16H2,2-5H3/p+1. The summed E-state index contributed by atoms with van der Waals surface area (Å²) in [6.45, 7) is 10.7. The Labute approximate surface area is 166 Å². The molecule has 0 atom stereocenters. The van der Waals surface area contributed by atoms with Crippen LogP contribution in [-0.4, -0.2) is 42.6 Å². The lowest BCUT2D eigenvalue weighted by Crippen LogP contribution is -3.06. The van der Waals surface area contributed by atoms with Crippen molar-refractivity contribution in [3.8, 4) is 0 Å². The van der Waals surface area contributed by atoms with Gasteiger partial charge in [0.25, 0.3) is 5.91 Å². The number of nitrogens with one attached hydrogen (secondary N) is 1. The number of benzene rings is 1. The highest BCUT2D eigenvalue weighted by Crippen LogP contribution is 2.26. The molecular weight excluding hydrogens is 350 g/mol. The van der Waals surface area contributed by atoms with E-state index in [-0.39, 0.29) is 5.91 Å². The SMILES string of the molecule is C=C(C)Cn1c(C(=O)N(CC[NH+](C)C)Cc2ccccc2)cc2oc(C)cc21. The zero-order valence-corrected chi connectivity index (χ0v) is 17.3. The number of amides is 1. The van der Waals surface area contributed by atoms with E-state index in [2.05, 4.69) is 32.8 Å². The van der Waals surface area contributed by atoms with E-state index in [0.717, 1.165) is 34.5 Å². The van der Waals surface area contributed by atoms with E-state index < -0.39 is 0 Å². The Kier molecular flexibility index (Phi) is 6.05. The third-order valence-corrected chi connectivity index (χ3v) is 4.75. The van der Waals surface area contributed by atoms with E-state index in [0.29, 0.717) is 25.3 Å². The summed E-state index contributed by atoms with van der Waals surface area (Å²) in [4.78, 5) is 16.8. The highest BCUT2D eigenvalue weighted by Gasteiger charge is 2.24. The number of rotatable bonds is 8. The van der Waals surface area contributed by atoms with Gasteiger partial charge in [-0.25, -0.2) is 0 Å². The van der Waals surface area contributed by atoms with Gasteiger partial charge in [0.1, 0.15) is 11.5 Å². The molecule has 0 radical (unpaired) electrons. The summed E-state index contributed by atoms with van der Waals surface area (Å²) in [5.74, 6) is 0.868. The fourth-order valence-electron chi connectivity index (χ4n) is 3.36. The van der Waals surface area contributed by atoms with Crippen molar-refractivity contribution in [2.45, 2.75) is 26.9 Å². The van der Waals surface area contributed by atoms with Crippen molar-refractivity contribution in [3.63, 3.8) is 0 Å². The first kappa shape index (κ1) is 20.0. The number of carbonyl (C=O) groups is 1. The van der Waals surface area contributed by atoms with Crippen molar-refractivity contribution in [3.05, 3.63) is 71.6 Å². The fourth-order valence-corrected chi connectivity index (χ4v) is 3.36. The maximum absolute atomic E-state index is 13.5. The van der Waals surface area contributed by atoms with Crippen LogP contribution in [0.15, 0.2) is 59.0 Å². The monoisotopic (exact) mass is 380 g/mol. The number of carbonyl (C=O) groups excluding carboxylic acids is 1. The van der Waals surface area contributed by atoms with Gasteiger partial charge in [0.2, 0.25) is 0 Å². The first-order chi connectivity index (χ1) is 13.3. The number of furan rings is 1. The molecule has 5 nitrogen and oxygen atoms in total. The van der Waals surface area contributed by atoms with Crippen LogP contribution in [0, 0.1) is 6.92 Å². The Morgan fingerprint density at radius 3 is 2.57 bits per heavy atom. The number of nitrogens with zero attached hydrogens (tertiary/aromatic N) is 2. The minimum absolute atomic E-state index is 0.0235. The minimum Gasteiger partial charge on any atom is -0.460 e. The third kappa shape index (κ3) is 4.54. The van der Waals surface area contributed by atoms with E-state index in [4.69, 9.17) is 4.42 Å². The predicted molar refractivity (Wildman–Crippen MR) is 113 cm³/mol. The van der Waals surface area contributed by atoms with Crippen molar-refractivity contribution in [1.29, 1.82) is 0 Å². The zero-order chi connectivity index (χ0) is 20.3. The molecule has 0 aliphatic carbocycles. The topological polar surface area (TPSA) is 42.8 Å². The molecule has 3 aromatic rings. The highest BCUT2D eigenvalue weighted by molar-refractivity contribution is 5.97. The summed E-state index contributed by atoms with van der Waals surface area (Å²) < 4.78 is 7.82. The van der Waals surface area contributed by atoms with Crippen LogP contribution in [0.5, 0.6) is 0 Å². The first-order valence-corrected chi connectivity index (χ1v) is 9.71. The maximum Gasteiger partial charge on any atom is 0.271 e. The molecule has 148 valence electrons. The van der Waals surface area contributed by atoms with Gasteiger partial charge in [0, 0.05) is 25.2 Å². The van der Waals surface area contributed by atoms with Gasteiger partial charge in [-0.2, -0.15) is 0 Å². The molecule has 0 unspecified atom stereocenters. The van der Waals surface area contributed by atoms with E-state index in [1.165, 1.54) is 4.90 Å². The number of allylic oxidation sites excluding steroid dienone is 1. The lowest BCUT2D eigenvalue weighted by Gasteiger charge is -2.24. The van der Waals surface area contributed by atoms with Crippen molar-refractivity contribution < 1.29 is 14.1 Å². The molecule has 0 aliphatic rings. The number of fused-ring (bicyclic) bond motifs is 1. The second-order valence-electron chi connectivity index (χ2n) is 7.85. The number of aryl methyl sites for hydroxylation is 1. The third-order valence-electron chi connectivity index (χ3n) is 4.75. The summed E-state index contributed by atoms with van der Waals surface area (Å²) in [6, 6.07) is 14.0. The lowest BCUT2D eigenvalue weighted by atomic mass is 10.2. The molecule has 1 aromatic carbocycles. The summed E-state index contributed by atoms with van der Waals surface area (Å²) in [6.07, 6.45) is 0. The van der Waals surface area contributed by atoms with Crippen molar-refractivity contribution in [2.24, 2.45) is 0 Å². The summed E-state index contributed by atoms with van der Waals surface area (Å²) >= 11 is 0. The van der Waals surface area contributed by atoms with Gasteiger partial charge in [0.15, 0.2) is 5.58 Å². The number of hydrogen-bond acceptors (Lipinski definition) is 2. The molecule has 0 saturated heterocycles. The first-order valence-electron chi connectivity index (χ1n) is 9.71. The second-order valence-corrected chi connectivity index (χ2v) is 7.85. The van der Waals surface area contributed by atoms with Crippen LogP contribution in [0.1, 0.15) is 28.7 Å². The Hall–Kier alpha value is -2.79. The number of likely N-dealkylation sites (N-methyl/N-ethyl adjacent to an activating group) is 1. The Balaban J connectivity index is 1.96. The van der Waals surface area contributed by atoms with Crippen LogP contribution < -0.4 is 4.90 Å². The van der Waals surface area contributed by atoms with Gasteiger partial charge in [-0.1, -0.05) is 42.5 Å². The average molecular weight is 381 g/mol. The normalized spacial score (nSPS) is 11.3.